The predicted molar refractivity (Wildman–Crippen MR) is 85.5 cm³/mol. The molecule has 0 saturated heterocycles. The minimum atomic E-state index is -2.79. The highest BCUT2D eigenvalue weighted by molar-refractivity contribution is 7.72. The van der Waals surface area contributed by atoms with Crippen molar-refractivity contribution in [1.82, 2.24) is 15.3 Å². The van der Waals surface area contributed by atoms with Crippen LogP contribution in [-0.4, -0.2) is 35.1 Å². The summed E-state index contributed by atoms with van der Waals surface area (Å²) in [6.45, 7) is 1.69. The molecule has 1 aromatic heterocycles. The van der Waals surface area contributed by atoms with Crippen molar-refractivity contribution in [1.29, 1.82) is 0 Å². The number of amides is 1. The van der Waals surface area contributed by atoms with Gasteiger partial charge in [0.25, 0.3) is 0 Å². The predicted octanol–water partition coefficient (Wildman–Crippen LogP) is 1.20. The Kier molecular flexibility index (Phi) is 5.68. The molecule has 0 saturated carbocycles. The van der Waals surface area contributed by atoms with Gasteiger partial charge >= 0.3 is 0 Å². The highest BCUT2D eigenvalue weighted by Crippen LogP contribution is 2.25. The van der Waals surface area contributed by atoms with E-state index in [0.29, 0.717) is 11.1 Å². The highest BCUT2D eigenvalue weighted by atomic mass is 32.2. The molecule has 0 aliphatic rings. The molecule has 1 unspecified atom stereocenters. The van der Waals surface area contributed by atoms with E-state index in [4.69, 9.17) is 5.21 Å². The summed E-state index contributed by atoms with van der Waals surface area (Å²) in [6.07, 6.45) is 3.25. The van der Waals surface area contributed by atoms with Crippen LogP contribution in [0.1, 0.15) is 13.3 Å². The molecule has 0 fully saturated rings. The number of carbonyl (C=O) groups excluding carboxylic acids is 1. The second-order valence-electron chi connectivity index (χ2n) is 5.71. The lowest BCUT2D eigenvalue weighted by Crippen LogP contribution is -2.41. The van der Waals surface area contributed by atoms with E-state index in [2.05, 4.69) is 5.10 Å². The van der Waals surface area contributed by atoms with Gasteiger partial charge in [0, 0.05) is 23.9 Å². The van der Waals surface area contributed by atoms with E-state index in [1.165, 1.54) is 29.3 Å². The molecular formula is C15H18FN3O4S. The lowest BCUT2D eigenvalue weighted by Gasteiger charge is -2.24. The van der Waals surface area contributed by atoms with Gasteiger partial charge < -0.3 is 0 Å². The van der Waals surface area contributed by atoms with Crippen molar-refractivity contribution in [2.45, 2.75) is 19.9 Å². The number of hydrogen-bond acceptors (Lipinski definition) is 5. The maximum absolute atomic E-state index is 13.8. The summed E-state index contributed by atoms with van der Waals surface area (Å²) >= 11 is 0. The Morgan fingerprint density at radius 2 is 2.12 bits per heavy atom. The van der Waals surface area contributed by atoms with Gasteiger partial charge in [0.05, 0.1) is 17.4 Å². The Morgan fingerprint density at radius 3 is 2.75 bits per heavy atom. The van der Waals surface area contributed by atoms with Crippen LogP contribution in [0.3, 0.4) is 0 Å². The molecule has 0 spiro atoms. The second kappa shape index (κ2) is 7.54. The molecule has 2 rings (SSSR count). The van der Waals surface area contributed by atoms with Crippen LogP contribution in [0.25, 0.3) is 11.1 Å². The van der Waals surface area contributed by atoms with Crippen LogP contribution in [0.4, 0.5) is 4.39 Å². The zero-order valence-electron chi connectivity index (χ0n) is 13.0. The van der Waals surface area contributed by atoms with Crippen molar-refractivity contribution in [3.8, 4) is 11.1 Å². The fraction of sp³-hybridized carbons (Fsp3) is 0.333. The molecule has 130 valence electrons. The third kappa shape index (κ3) is 4.18. The summed E-state index contributed by atoms with van der Waals surface area (Å²) in [4.78, 5) is 11.8. The van der Waals surface area contributed by atoms with Crippen molar-refractivity contribution in [3.05, 3.63) is 42.5 Å². The Morgan fingerprint density at radius 1 is 1.42 bits per heavy atom. The summed E-state index contributed by atoms with van der Waals surface area (Å²) in [5.74, 6) is -1.54. The van der Waals surface area contributed by atoms with E-state index in [1.54, 1.807) is 24.4 Å². The van der Waals surface area contributed by atoms with Crippen LogP contribution in [-0.2, 0) is 22.0 Å². The van der Waals surface area contributed by atoms with E-state index >= 15 is 0 Å². The zero-order valence-corrected chi connectivity index (χ0v) is 13.9. The van der Waals surface area contributed by atoms with Crippen LogP contribution in [0.15, 0.2) is 36.7 Å². The normalized spacial score (nSPS) is 13.7. The van der Waals surface area contributed by atoms with Gasteiger partial charge in [-0.2, -0.15) is 5.10 Å². The molecule has 0 radical (unpaired) electrons. The number of hydrogen-bond donors (Lipinski definition) is 3. The number of halogens is 1. The van der Waals surface area contributed by atoms with Gasteiger partial charge in [-0.25, -0.2) is 18.3 Å². The molecule has 0 aliphatic carbocycles. The van der Waals surface area contributed by atoms with Gasteiger partial charge in [-0.15, -0.1) is 0 Å². The lowest BCUT2D eigenvalue weighted by molar-refractivity contribution is -0.138. The largest absolute Gasteiger partial charge is 0.289 e. The first-order valence-corrected chi connectivity index (χ1v) is 8.56. The number of rotatable bonds is 7. The Balaban J connectivity index is 2.14. The maximum Gasteiger partial charge on any atom is 0.250 e. The maximum atomic E-state index is 13.8. The summed E-state index contributed by atoms with van der Waals surface area (Å²) < 4.78 is 37.2. The quantitative estimate of drug-likeness (QED) is 0.394. The van der Waals surface area contributed by atoms with E-state index in [1.807, 2.05) is 0 Å². The average molecular weight is 355 g/mol. The standard InChI is InChI=1S/C15H18FN3O4S/c1-15(10-24(22)23,14(20)18-21)6-7-19-9-11(8-17-19)12-4-2-3-5-13(12)16/h2-5,8-9,21,24H,6-7,10H2,1H3,(H,18,20). The van der Waals surface area contributed by atoms with Crippen LogP contribution in [0, 0.1) is 11.2 Å². The molecule has 7 nitrogen and oxygen atoms in total. The minimum absolute atomic E-state index is 0.140. The van der Waals surface area contributed by atoms with Gasteiger partial charge in [-0.3, -0.25) is 14.7 Å². The monoisotopic (exact) mass is 355 g/mol. The number of nitrogens with one attached hydrogen (secondary N) is 1. The smallest absolute Gasteiger partial charge is 0.250 e. The Hall–Kier alpha value is -2.26. The average Bonchev–Trinajstić information content (AvgIpc) is 3.00. The van der Waals surface area contributed by atoms with Crippen LogP contribution >= 0.6 is 0 Å². The Bertz CT molecular complexity index is 798. The van der Waals surface area contributed by atoms with E-state index in [0.717, 1.165) is 0 Å². The third-order valence-electron chi connectivity index (χ3n) is 3.84. The van der Waals surface area contributed by atoms with Gasteiger partial charge in [-0.1, -0.05) is 18.2 Å². The minimum Gasteiger partial charge on any atom is -0.289 e. The topological polar surface area (TPSA) is 101 Å². The van der Waals surface area contributed by atoms with Crippen molar-refractivity contribution in [3.63, 3.8) is 0 Å². The number of benzene rings is 1. The molecule has 1 atom stereocenters. The fourth-order valence-electron chi connectivity index (χ4n) is 2.37. The van der Waals surface area contributed by atoms with Crippen molar-refractivity contribution in [2.75, 3.05) is 5.75 Å². The fourth-order valence-corrected chi connectivity index (χ4v) is 3.24. The van der Waals surface area contributed by atoms with Crippen LogP contribution < -0.4 is 5.48 Å². The first-order valence-electron chi connectivity index (χ1n) is 7.19. The first-order chi connectivity index (χ1) is 11.4. The molecule has 2 aromatic rings. The number of hydroxylamine groups is 1. The number of thiol groups is 1. The first kappa shape index (κ1) is 18.1. The Labute approximate surface area is 140 Å². The van der Waals surface area contributed by atoms with Crippen molar-refractivity contribution in [2.24, 2.45) is 5.41 Å². The second-order valence-corrected chi connectivity index (χ2v) is 6.70. The third-order valence-corrected chi connectivity index (χ3v) is 4.79. The molecule has 1 heterocycles. The zero-order chi connectivity index (χ0) is 17.7. The number of aryl methyl sites for hydroxylation is 1. The number of nitrogens with zero attached hydrogens (tertiary/aromatic N) is 2. The van der Waals surface area contributed by atoms with Crippen molar-refractivity contribution < 1.29 is 22.8 Å². The molecule has 1 amide bonds. The van der Waals surface area contributed by atoms with Crippen molar-refractivity contribution >= 4 is 16.6 Å². The molecule has 9 heteroatoms. The van der Waals surface area contributed by atoms with Gasteiger partial charge in [-0.05, 0) is 19.4 Å². The SMILES string of the molecule is CC(CCn1cc(-c2ccccc2F)cn1)(C[SH](=O)=O)C(=O)NO. The summed E-state index contributed by atoms with van der Waals surface area (Å²) in [6, 6.07) is 6.28. The highest BCUT2D eigenvalue weighted by Gasteiger charge is 2.34. The number of carbonyl (C=O) groups is 1. The molecule has 24 heavy (non-hydrogen) atoms. The van der Waals surface area contributed by atoms with Crippen LogP contribution in [0.2, 0.25) is 0 Å². The summed E-state index contributed by atoms with van der Waals surface area (Å²) in [5, 5.41) is 12.9. The van der Waals surface area contributed by atoms with Gasteiger partial charge in [0.15, 0.2) is 0 Å². The van der Waals surface area contributed by atoms with Crippen LogP contribution in [0.5, 0.6) is 0 Å². The van der Waals surface area contributed by atoms with Gasteiger partial charge in [0.2, 0.25) is 5.91 Å². The van der Waals surface area contributed by atoms with E-state index in [-0.39, 0.29) is 18.8 Å². The molecule has 0 aliphatic heterocycles. The molecule has 2 N–H and O–H groups in total. The molecule has 1 aromatic carbocycles. The van der Waals surface area contributed by atoms with E-state index in [9.17, 15) is 17.6 Å². The van der Waals surface area contributed by atoms with E-state index < -0.39 is 27.8 Å². The molecular weight excluding hydrogens is 337 g/mol. The number of aromatic nitrogens is 2. The summed E-state index contributed by atoms with van der Waals surface area (Å²) in [5.41, 5.74) is 1.20. The molecule has 0 bridgehead atoms. The summed E-state index contributed by atoms with van der Waals surface area (Å²) in [7, 11) is -2.79. The van der Waals surface area contributed by atoms with Gasteiger partial charge in [0.1, 0.15) is 16.5 Å². The lowest BCUT2D eigenvalue weighted by atomic mass is 9.88.